The highest BCUT2D eigenvalue weighted by Gasteiger charge is 2.38. The summed E-state index contributed by atoms with van der Waals surface area (Å²) >= 11 is 0. The van der Waals surface area contributed by atoms with Crippen molar-refractivity contribution in [3.05, 3.63) is 217 Å². The van der Waals surface area contributed by atoms with E-state index in [9.17, 15) is 0 Å². The molecule has 0 N–H and O–H groups in total. The van der Waals surface area contributed by atoms with Gasteiger partial charge < -0.3 is 0 Å². The summed E-state index contributed by atoms with van der Waals surface area (Å²) in [6.07, 6.45) is 0. The summed E-state index contributed by atoms with van der Waals surface area (Å²) in [5, 5.41) is 12.9. The smallest absolute Gasteiger partial charge is 0.0165 e. The zero-order chi connectivity index (χ0) is 39.2. The average molecular weight is 749 g/mol. The van der Waals surface area contributed by atoms with E-state index in [-0.39, 0.29) is 5.41 Å². The molecule has 0 bridgehead atoms. The fraction of sp³-hybridized carbons (Fsp3) is 0.0508. The highest BCUT2D eigenvalue weighted by Crippen LogP contribution is 2.55. The van der Waals surface area contributed by atoms with E-state index in [1.807, 2.05) is 0 Å². The standard InChI is InChI=1S/C59H40/c1-59(2)54-34-33-41(36-53(54)57-47-21-9-6-18-44(47)45-19-7-14-26-52(45)58(57)59)38-27-30-39(31-28-38)55-48-22-10-12-24-50(48)56(51-25-13-11-23-49(51)55)46-20-8-5-17-43(46)42-32-29-37-15-3-4-16-40(37)35-42/h3-36H,1-2H3. The second-order valence-electron chi connectivity index (χ2n) is 16.8. The monoisotopic (exact) mass is 748 g/mol. The number of hydrogen-bond donors (Lipinski definition) is 0. The summed E-state index contributed by atoms with van der Waals surface area (Å²) in [5.74, 6) is 0. The molecule has 0 saturated carbocycles. The van der Waals surface area contributed by atoms with E-state index in [2.05, 4.69) is 220 Å². The Hall–Kier alpha value is -7.28. The van der Waals surface area contributed by atoms with Crippen LogP contribution in [0.5, 0.6) is 0 Å². The van der Waals surface area contributed by atoms with Crippen LogP contribution in [0.3, 0.4) is 0 Å². The van der Waals surface area contributed by atoms with Gasteiger partial charge in [-0.1, -0.05) is 208 Å². The van der Waals surface area contributed by atoms with Gasteiger partial charge in [0.25, 0.3) is 0 Å². The normalized spacial score (nSPS) is 13.1. The van der Waals surface area contributed by atoms with Crippen molar-refractivity contribution in [3.8, 4) is 55.6 Å². The second-order valence-corrected chi connectivity index (χ2v) is 16.8. The molecule has 0 heteroatoms. The third kappa shape index (κ3) is 5.03. The Kier molecular flexibility index (Phi) is 7.38. The molecule has 59 heavy (non-hydrogen) atoms. The van der Waals surface area contributed by atoms with Crippen molar-refractivity contribution in [1.82, 2.24) is 0 Å². The summed E-state index contributed by atoms with van der Waals surface area (Å²) in [7, 11) is 0. The van der Waals surface area contributed by atoms with Gasteiger partial charge in [0.05, 0.1) is 0 Å². The van der Waals surface area contributed by atoms with Crippen molar-refractivity contribution in [1.29, 1.82) is 0 Å². The van der Waals surface area contributed by atoms with Crippen LogP contribution in [-0.4, -0.2) is 0 Å². The summed E-state index contributed by atoms with van der Waals surface area (Å²) in [4.78, 5) is 0. The van der Waals surface area contributed by atoms with Gasteiger partial charge in [0.15, 0.2) is 0 Å². The van der Waals surface area contributed by atoms with Crippen LogP contribution in [0, 0.1) is 0 Å². The average Bonchev–Trinajstić information content (AvgIpc) is 3.54. The molecular formula is C59H40. The molecule has 0 amide bonds. The van der Waals surface area contributed by atoms with Gasteiger partial charge in [-0.15, -0.1) is 0 Å². The first-order chi connectivity index (χ1) is 29.0. The molecule has 0 aliphatic heterocycles. The summed E-state index contributed by atoms with van der Waals surface area (Å²) in [6.45, 7) is 4.80. The number of benzene rings is 11. The Morgan fingerprint density at radius 1 is 0.271 bits per heavy atom. The quantitative estimate of drug-likeness (QED) is 0.124. The second kappa shape index (κ2) is 12.9. The van der Waals surface area contributed by atoms with Crippen molar-refractivity contribution in [2.24, 2.45) is 0 Å². The van der Waals surface area contributed by atoms with Crippen molar-refractivity contribution in [3.63, 3.8) is 0 Å². The Morgan fingerprint density at radius 3 is 1.39 bits per heavy atom. The summed E-state index contributed by atoms with van der Waals surface area (Å²) in [6, 6.07) is 76.8. The minimum absolute atomic E-state index is 0.110. The molecule has 12 rings (SSSR count). The topological polar surface area (TPSA) is 0 Å². The molecule has 0 aromatic heterocycles. The maximum atomic E-state index is 2.45. The zero-order valence-corrected chi connectivity index (χ0v) is 33.1. The van der Waals surface area contributed by atoms with Gasteiger partial charge in [0, 0.05) is 5.41 Å². The molecular weight excluding hydrogens is 709 g/mol. The van der Waals surface area contributed by atoms with Crippen LogP contribution >= 0.6 is 0 Å². The van der Waals surface area contributed by atoms with Gasteiger partial charge in [-0.3, -0.25) is 0 Å². The highest BCUT2D eigenvalue weighted by atomic mass is 14.4. The molecule has 0 fully saturated rings. The molecule has 0 spiro atoms. The predicted octanol–water partition coefficient (Wildman–Crippen LogP) is 16.4. The summed E-state index contributed by atoms with van der Waals surface area (Å²) in [5.41, 5.74) is 15.4. The molecule has 0 unspecified atom stereocenters. The first kappa shape index (κ1) is 33.8. The zero-order valence-electron chi connectivity index (χ0n) is 33.1. The van der Waals surface area contributed by atoms with Crippen molar-refractivity contribution in [2.45, 2.75) is 19.3 Å². The van der Waals surface area contributed by atoms with E-state index in [1.54, 1.807) is 0 Å². The van der Waals surface area contributed by atoms with Gasteiger partial charge in [-0.05, 0) is 133 Å². The Bertz CT molecular complexity index is 3450. The molecule has 11 aromatic rings. The number of fused-ring (bicyclic) bond motifs is 11. The third-order valence-corrected chi connectivity index (χ3v) is 13.2. The molecule has 0 atom stereocenters. The Labute approximate surface area is 344 Å². The minimum atomic E-state index is -0.110. The summed E-state index contributed by atoms with van der Waals surface area (Å²) < 4.78 is 0. The lowest BCUT2D eigenvalue weighted by atomic mass is 9.79. The molecule has 0 saturated heterocycles. The first-order valence-corrected chi connectivity index (χ1v) is 20.8. The lowest BCUT2D eigenvalue weighted by molar-refractivity contribution is 0.666. The minimum Gasteiger partial charge on any atom is -0.0616 e. The van der Waals surface area contributed by atoms with Crippen molar-refractivity contribution < 1.29 is 0 Å². The molecule has 0 heterocycles. The highest BCUT2D eigenvalue weighted by molar-refractivity contribution is 6.23. The molecule has 0 radical (unpaired) electrons. The van der Waals surface area contributed by atoms with E-state index in [4.69, 9.17) is 0 Å². The van der Waals surface area contributed by atoms with E-state index < -0.39 is 0 Å². The fourth-order valence-electron chi connectivity index (χ4n) is 10.5. The Morgan fingerprint density at radius 2 is 0.729 bits per heavy atom. The maximum absolute atomic E-state index is 2.45. The van der Waals surface area contributed by atoms with Crippen LogP contribution < -0.4 is 0 Å². The van der Waals surface area contributed by atoms with Gasteiger partial charge in [0.1, 0.15) is 0 Å². The van der Waals surface area contributed by atoms with E-state index >= 15 is 0 Å². The van der Waals surface area contributed by atoms with Crippen molar-refractivity contribution in [2.75, 3.05) is 0 Å². The van der Waals surface area contributed by atoms with Crippen LogP contribution in [0.15, 0.2) is 206 Å². The van der Waals surface area contributed by atoms with Crippen LogP contribution in [-0.2, 0) is 5.41 Å². The van der Waals surface area contributed by atoms with Crippen LogP contribution in [0.1, 0.15) is 25.0 Å². The SMILES string of the molecule is CC1(C)c2ccc(-c3ccc(-c4c5ccccc5c(-c5ccccc5-c5ccc6ccccc6c5)c5ccccc45)cc3)cc2-c2c1c1ccccc1c1ccccc21. The number of hydrogen-bond acceptors (Lipinski definition) is 0. The fourth-order valence-corrected chi connectivity index (χ4v) is 10.5. The van der Waals surface area contributed by atoms with Crippen molar-refractivity contribution >= 4 is 53.9 Å². The molecule has 276 valence electrons. The van der Waals surface area contributed by atoms with E-state index in [0.29, 0.717) is 0 Å². The molecule has 11 aromatic carbocycles. The van der Waals surface area contributed by atoms with E-state index in [1.165, 1.54) is 121 Å². The maximum Gasteiger partial charge on any atom is 0.0165 e. The van der Waals surface area contributed by atoms with Gasteiger partial charge in [-0.25, -0.2) is 0 Å². The molecule has 1 aliphatic rings. The Balaban J connectivity index is 1.01. The molecule has 1 aliphatic carbocycles. The van der Waals surface area contributed by atoms with Crippen LogP contribution in [0.25, 0.3) is 109 Å². The first-order valence-electron chi connectivity index (χ1n) is 20.8. The third-order valence-electron chi connectivity index (χ3n) is 13.2. The lowest BCUT2D eigenvalue weighted by Gasteiger charge is -2.24. The van der Waals surface area contributed by atoms with Gasteiger partial charge in [-0.2, -0.15) is 0 Å². The van der Waals surface area contributed by atoms with Crippen LogP contribution in [0.4, 0.5) is 0 Å². The largest absolute Gasteiger partial charge is 0.0616 e. The predicted molar refractivity (Wildman–Crippen MR) is 253 cm³/mol. The van der Waals surface area contributed by atoms with Crippen LogP contribution in [0.2, 0.25) is 0 Å². The lowest BCUT2D eigenvalue weighted by Crippen LogP contribution is -2.15. The van der Waals surface area contributed by atoms with E-state index in [0.717, 1.165) is 0 Å². The van der Waals surface area contributed by atoms with Gasteiger partial charge >= 0.3 is 0 Å². The van der Waals surface area contributed by atoms with Gasteiger partial charge in [0.2, 0.25) is 0 Å². The molecule has 0 nitrogen and oxygen atoms in total. The number of rotatable bonds is 4.